The van der Waals surface area contributed by atoms with Gasteiger partial charge in [-0.1, -0.05) is 18.2 Å². The van der Waals surface area contributed by atoms with Gasteiger partial charge in [0.1, 0.15) is 0 Å². The maximum Gasteiger partial charge on any atom is 0.358 e. The quantitative estimate of drug-likeness (QED) is 0.890. The van der Waals surface area contributed by atoms with E-state index in [0.717, 1.165) is 31.4 Å². The Morgan fingerprint density at radius 1 is 1.43 bits per heavy atom. The van der Waals surface area contributed by atoms with Gasteiger partial charge in [0.25, 0.3) is 0 Å². The van der Waals surface area contributed by atoms with Crippen molar-refractivity contribution in [3.05, 3.63) is 30.0 Å². The lowest BCUT2D eigenvalue weighted by atomic mass is 10.1. The normalized spacial score (nSPS) is 19.0. The molecule has 1 saturated heterocycles. The van der Waals surface area contributed by atoms with Crippen LogP contribution in [0.4, 0.5) is 5.69 Å². The maximum absolute atomic E-state index is 11.4. The van der Waals surface area contributed by atoms with Crippen LogP contribution in [0.2, 0.25) is 0 Å². The molecule has 0 bridgehead atoms. The third-order valence-electron chi connectivity index (χ3n) is 3.93. The molecule has 1 aliphatic heterocycles. The zero-order chi connectivity index (χ0) is 14.8. The molecule has 6 nitrogen and oxygen atoms in total. The van der Waals surface area contributed by atoms with Crippen molar-refractivity contribution in [1.29, 1.82) is 0 Å². The van der Waals surface area contributed by atoms with E-state index in [0.29, 0.717) is 17.1 Å². The molecule has 1 aromatic carbocycles. The number of carbonyl (C=O) groups is 1. The monoisotopic (exact) mass is 286 g/mol. The number of carboxylic acid groups (broad SMARTS) is 1. The molecule has 0 saturated carbocycles. The lowest BCUT2D eigenvalue weighted by Crippen LogP contribution is -2.20. The first kappa shape index (κ1) is 13.8. The summed E-state index contributed by atoms with van der Waals surface area (Å²) in [6.07, 6.45) is 1.13. The number of benzene rings is 1. The predicted molar refractivity (Wildman–Crippen MR) is 80.6 cm³/mol. The lowest BCUT2D eigenvalue weighted by molar-refractivity contribution is 0.0690. The number of aromatic carboxylic acids is 1. The minimum atomic E-state index is -1.06. The van der Waals surface area contributed by atoms with Crippen molar-refractivity contribution in [3.63, 3.8) is 0 Å². The number of anilines is 1. The minimum absolute atomic E-state index is 0.0138. The number of hydrogen-bond acceptors (Lipinski definition) is 5. The predicted octanol–water partition coefficient (Wildman–Crippen LogP) is 1.69. The van der Waals surface area contributed by atoms with Crippen molar-refractivity contribution in [2.24, 2.45) is 5.92 Å². The van der Waals surface area contributed by atoms with Crippen molar-refractivity contribution >= 4 is 22.6 Å². The second-order valence-electron chi connectivity index (χ2n) is 5.54. The van der Waals surface area contributed by atoms with Gasteiger partial charge >= 0.3 is 5.97 Å². The molecular weight excluding hydrogens is 268 g/mol. The van der Waals surface area contributed by atoms with E-state index >= 15 is 0 Å². The van der Waals surface area contributed by atoms with Gasteiger partial charge in [-0.05, 0) is 32.0 Å². The zero-order valence-corrected chi connectivity index (χ0v) is 11.9. The molecular formula is C15H18N4O2. The van der Waals surface area contributed by atoms with Gasteiger partial charge in [0.15, 0.2) is 5.69 Å². The summed E-state index contributed by atoms with van der Waals surface area (Å²) in [5.41, 5.74) is 1.26. The number of fused-ring (bicyclic) bond motifs is 1. The molecule has 0 aliphatic carbocycles. The van der Waals surface area contributed by atoms with E-state index in [1.54, 1.807) is 0 Å². The SMILES string of the molecule is CN1CCC(CNc2c(C(=O)O)nnc3ccccc23)C1. The van der Waals surface area contributed by atoms with E-state index in [1.807, 2.05) is 24.3 Å². The third-order valence-corrected chi connectivity index (χ3v) is 3.93. The summed E-state index contributed by atoms with van der Waals surface area (Å²) in [6.45, 7) is 2.87. The van der Waals surface area contributed by atoms with Gasteiger partial charge in [0.05, 0.1) is 11.2 Å². The van der Waals surface area contributed by atoms with E-state index < -0.39 is 5.97 Å². The van der Waals surface area contributed by atoms with Gasteiger partial charge in [-0.2, -0.15) is 0 Å². The largest absolute Gasteiger partial charge is 0.476 e. The van der Waals surface area contributed by atoms with Crippen molar-refractivity contribution in [2.75, 3.05) is 32.0 Å². The summed E-state index contributed by atoms with van der Waals surface area (Å²) in [7, 11) is 2.10. The minimum Gasteiger partial charge on any atom is -0.476 e. The second kappa shape index (κ2) is 5.65. The van der Waals surface area contributed by atoms with Gasteiger partial charge in [-0.3, -0.25) is 0 Å². The number of carboxylic acids is 1. The van der Waals surface area contributed by atoms with Crippen LogP contribution in [0.25, 0.3) is 10.9 Å². The average molecular weight is 286 g/mol. The first-order valence-electron chi connectivity index (χ1n) is 7.06. The Kier molecular flexibility index (Phi) is 3.70. The summed E-state index contributed by atoms with van der Waals surface area (Å²) in [6, 6.07) is 7.46. The van der Waals surface area contributed by atoms with Crippen LogP contribution < -0.4 is 5.32 Å². The van der Waals surface area contributed by atoms with Crippen LogP contribution in [0.3, 0.4) is 0 Å². The smallest absolute Gasteiger partial charge is 0.358 e. The molecule has 2 N–H and O–H groups in total. The Balaban J connectivity index is 1.91. The standard InChI is InChI=1S/C15H18N4O2/c1-19-7-6-10(9-19)8-16-13-11-4-2-3-5-12(11)17-18-14(13)15(20)21/h2-5,10H,6-9H2,1H3,(H,16,17)(H,20,21). The number of likely N-dealkylation sites (tertiary alicyclic amines) is 1. The molecule has 1 aromatic heterocycles. The fourth-order valence-corrected chi connectivity index (χ4v) is 2.82. The maximum atomic E-state index is 11.4. The lowest BCUT2D eigenvalue weighted by Gasteiger charge is -2.15. The van der Waals surface area contributed by atoms with Crippen LogP contribution in [0.5, 0.6) is 0 Å². The van der Waals surface area contributed by atoms with Crippen LogP contribution in [-0.4, -0.2) is 52.9 Å². The van der Waals surface area contributed by atoms with Crippen LogP contribution in [-0.2, 0) is 0 Å². The number of nitrogens with one attached hydrogen (secondary N) is 1. The Hall–Kier alpha value is -2.21. The summed E-state index contributed by atoms with van der Waals surface area (Å²) >= 11 is 0. The fourth-order valence-electron chi connectivity index (χ4n) is 2.82. The average Bonchev–Trinajstić information content (AvgIpc) is 2.90. The molecule has 1 unspecified atom stereocenters. The fraction of sp³-hybridized carbons (Fsp3) is 0.400. The molecule has 110 valence electrons. The van der Waals surface area contributed by atoms with Gasteiger partial charge in [-0.15, -0.1) is 10.2 Å². The Morgan fingerprint density at radius 3 is 2.95 bits per heavy atom. The highest BCUT2D eigenvalue weighted by molar-refractivity contribution is 6.02. The molecule has 0 spiro atoms. The van der Waals surface area contributed by atoms with Crippen molar-refractivity contribution in [3.8, 4) is 0 Å². The third kappa shape index (κ3) is 2.80. The van der Waals surface area contributed by atoms with Gasteiger partial charge in [0, 0.05) is 18.5 Å². The van der Waals surface area contributed by atoms with Crippen LogP contribution >= 0.6 is 0 Å². The number of aromatic nitrogens is 2. The molecule has 2 heterocycles. The first-order chi connectivity index (χ1) is 10.1. The summed E-state index contributed by atoms with van der Waals surface area (Å²) < 4.78 is 0. The Labute approximate surface area is 122 Å². The van der Waals surface area contributed by atoms with Crippen molar-refractivity contribution in [2.45, 2.75) is 6.42 Å². The van der Waals surface area contributed by atoms with E-state index in [4.69, 9.17) is 0 Å². The molecule has 1 fully saturated rings. The second-order valence-corrected chi connectivity index (χ2v) is 5.54. The van der Waals surface area contributed by atoms with E-state index in [-0.39, 0.29) is 5.69 Å². The highest BCUT2D eigenvalue weighted by atomic mass is 16.4. The van der Waals surface area contributed by atoms with E-state index in [1.165, 1.54) is 0 Å². The summed E-state index contributed by atoms with van der Waals surface area (Å²) in [5, 5.41) is 21.2. The number of rotatable bonds is 4. The molecule has 0 amide bonds. The van der Waals surface area contributed by atoms with E-state index in [2.05, 4.69) is 27.5 Å². The number of hydrogen-bond donors (Lipinski definition) is 2. The highest BCUT2D eigenvalue weighted by Crippen LogP contribution is 2.25. The van der Waals surface area contributed by atoms with E-state index in [9.17, 15) is 9.90 Å². The Morgan fingerprint density at radius 2 is 2.24 bits per heavy atom. The topological polar surface area (TPSA) is 78.4 Å². The molecule has 3 rings (SSSR count). The Bertz CT molecular complexity index is 674. The highest BCUT2D eigenvalue weighted by Gasteiger charge is 2.21. The van der Waals surface area contributed by atoms with Gasteiger partial charge < -0.3 is 15.3 Å². The molecule has 6 heteroatoms. The van der Waals surface area contributed by atoms with Gasteiger partial charge in [0.2, 0.25) is 0 Å². The van der Waals surface area contributed by atoms with Crippen molar-refractivity contribution < 1.29 is 9.90 Å². The summed E-state index contributed by atoms with van der Waals surface area (Å²) in [4.78, 5) is 13.6. The van der Waals surface area contributed by atoms with Crippen LogP contribution in [0, 0.1) is 5.92 Å². The molecule has 2 aromatic rings. The van der Waals surface area contributed by atoms with Crippen molar-refractivity contribution in [1.82, 2.24) is 15.1 Å². The van der Waals surface area contributed by atoms with Gasteiger partial charge in [-0.25, -0.2) is 4.79 Å². The summed E-state index contributed by atoms with van der Waals surface area (Å²) in [5.74, 6) is -0.525. The number of nitrogens with zero attached hydrogens (tertiary/aromatic N) is 3. The molecule has 1 aliphatic rings. The van der Waals surface area contributed by atoms with Crippen LogP contribution in [0.1, 0.15) is 16.9 Å². The van der Waals surface area contributed by atoms with Crippen LogP contribution in [0.15, 0.2) is 24.3 Å². The molecule has 1 atom stereocenters. The zero-order valence-electron chi connectivity index (χ0n) is 11.9. The first-order valence-corrected chi connectivity index (χ1v) is 7.06. The molecule has 21 heavy (non-hydrogen) atoms. The molecule has 0 radical (unpaired) electrons.